The van der Waals surface area contributed by atoms with Gasteiger partial charge in [0, 0.05) is 18.2 Å². The monoisotopic (exact) mass is 388 g/mol. The molecule has 2 heterocycles. The summed E-state index contributed by atoms with van der Waals surface area (Å²) in [5.41, 5.74) is 8.47. The van der Waals surface area contributed by atoms with Crippen molar-refractivity contribution in [3.63, 3.8) is 0 Å². The number of benzene rings is 1. The molecule has 1 aromatic carbocycles. The molecule has 4 rings (SSSR count). The molecule has 10 heteroatoms. The maximum atomic E-state index is 12.7. The average molecular weight is 388 g/mol. The number of aliphatic hydroxyl groups is 1. The Kier molecular flexibility index (Phi) is 4.33. The minimum atomic E-state index is -3.66. The van der Waals surface area contributed by atoms with Gasteiger partial charge in [0.15, 0.2) is 11.5 Å². The van der Waals surface area contributed by atoms with Crippen molar-refractivity contribution < 1.29 is 13.5 Å². The number of nitrogen functional groups attached to an aromatic ring is 1. The van der Waals surface area contributed by atoms with E-state index < -0.39 is 10.0 Å². The van der Waals surface area contributed by atoms with E-state index in [1.165, 1.54) is 6.33 Å². The summed E-state index contributed by atoms with van der Waals surface area (Å²) >= 11 is 0. The lowest BCUT2D eigenvalue weighted by atomic mass is 9.82. The molecule has 27 heavy (non-hydrogen) atoms. The molecule has 1 aliphatic carbocycles. The number of anilines is 1. The van der Waals surface area contributed by atoms with Gasteiger partial charge in [-0.1, -0.05) is 6.07 Å². The van der Waals surface area contributed by atoms with E-state index in [0.717, 1.165) is 5.56 Å². The van der Waals surface area contributed by atoms with Crippen LogP contribution in [0.15, 0.2) is 35.6 Å². The number of hydrogen-bond donors (Lipinski definition) is 3. The number of sulfonamides is 1. The number of imidazole rings is 1. The van der Waals surface area contributed by atoms with Gasteiger partial charge in [-0.15, -0.1) is 0 Å². The lowest BCUT2D eigenvalue weighted by Crippen LogP contribution is -2.45. The maximum absolute atomic E-state index is 12.7. The van der Waals surface area contributed by atoms with E-state index in [1.54, 1.807) is 28.9 Å². The van der Waals surface area contributed by atoms with Crippen LogP contribution in [-0.4, -0.2) is 45.8 Å². The Morgan fingerprint density at radius 1 is 1.33 bits per heavy atom. The molecule has 3 aromatic rings. The Labute approximate surface area is 156 Å². The van der Waals surface area contributed by atoms with Gasteiger partial charge in [-0.05, 0) is 43.4 Å². The van der Waals surface area contributed by atoms with E-state index in [1.807, 2.05) is 6.92 Å². The van der Waals surface area contributed by atoms with Crippen molar-refractivity contribution >= 4 is 21.5 Å². The molecule has 9 nitrogen and oxygen atoms in total. The molecule has 0 atom stereocenters. The normalized spacial score (nSPS) is 19.9. The third-order valence-corrected chi connectivity index (χ3v) is 6.46. The van der Waals surface area contributed by atoms with Crippen LogP contribution in [0.2, 0.25) is 0 Å². The highest BCUT2D eigenvalue weighted by atomic mass is 32.2. The minimum absolute atomic E-state index is 0.0895. The number of aromatic nitrogens is 4. The molecular formula is C17H20N6O3S. The first-order chi connectivity index (χ1) is 12.9. The highest BCUT2D eigenvalue weighted by Gasteiger charge is 2.32. The van der Waals surface area contributed by atoms with Gasteiger partial charge in [0.2, 0.25) is 10.0 Å². The second kappa shape index (κ2) is 6.55. The summed E-state index contributed by atoms with van der Waals surface area (Å²) in [6.07, 6.45) is 4.24. The van der Waals surface area contributed by atoms with E-state index in [0.29, 0.717) is 29.7 Å². The summed E-state index contributed by atoms with van der Waals surface area (Å²) in [6, 6.07) is 4.81. The van der Waals surface area contributed by atoms with Crippen LogP contribution in [0.4, 0.5) is 5.82 Å². The number of fused-ring (bicyclic) bond motifs is 1. The molecule has 0 aliphatic heterocycles. The van der Waals surface area contributed by atoms with Gasteiger partial charge in [-0.3, -0.25) is 0 Å². The summed E-state index contributed by atoms with van der Waals surface area (Å²) in [4.78, 5) is 8.33. The van der Waals surface area contributed by atoms with E-state index in [-0.39, 0.29) is 29.3 Å². The lowest BCUT2D eigenvalue weighted by Gasteiger charge is -2.34. The van der Waals surface area contributed by atoms with Gasteiger partial charge in [-0.25, -0.2) is 27.6 Å². The largest absolute Gasteiger partial charge is 0.396 e. The Morgan fingerprint density at radius 3 is 2.85 bits per heavy atom. The number of hydrogen-bond acceptors (Lipinski definition) is 7. The molecule has 1 saturated carbocycles. The fraction of sp³-hybridized carbons (Fsp3) is 0.353. The number of nitrogens with one attached hydrogen (secondary N) is 1. The van der Waals surface area contributed by atoms with E-state index in [4.69, 9.17) is 10.8 Å². The van der Waals surface area contributed by atoms with Crippen molar-refractivity contribution in [2.45, 2.75) is 30.7 Å². The first-order valence-electron chi connectivity index (χ1n) is 8.57. The van der Waals surface area contributed by atoms with Gasteiger partial charge in [0.1, 0.15) is 6.33 Å². The molecule has 1 aliphatic rings. The Balaban J connectivity index is 1.70. The third-order valence-electron chi connectivity index (χ3n) is 4.94. The maximum Gasteiger partial charge on any atom is 0.240 e. The van der Waals surface area contributed by atoms with Crippen LogP contribution in [0, 0.1) is 12.8 Å². The van der Waals surface area contributed by atoms with Crippen LogP contribution in [-0.2, 0) is 10.0 Å². The van der Waals surface area contributed by atoms with Gasteiger partial charge < -0.3 is 10.8 Å². The van der Waals surface area contributed by atoms with Crippen LogP contribution in [0.1, 0.15) is 18.4 Å². The molecule has 1 fully saturated rings. The highest BCUT2D eigenvalue weighted by molar-refractivity contribution is 7.89. The summed E-state index contributed by atoms with van der Waals surface area (Å²) < 4.78 is 29.7. The van der Waals surface area contributed by atoms with Crippen molar-refractivity contribution in [3.05, 3.63) is 36.3 Å². The fourth-order valence-corrected chi connectivity index (χ4v) is 4.62. The zero-order valence-corrected chi connectivity index (χ0v) is 15.5. The number of nitrogens with zero attached hydrogens (tertiary/aromatic N) is 4. The zero-order chi connectivity index (χ0) is 19.2. The standard InChI is InChI=1S/C17H20N6O3S/c1-10-2-3-13(27(25,26)22-12-4-11(5-12)8-24)6-14(10)15-7-19-17-16(18)20-9-21-23(15)17/h2-3,6-7,9,11-12,22,24H,4-5,8H2,1H3,(H2,18,20,21)/t11-,12+. The van der Waals surface area contributed by atoms with Crippen molar-refractivity contribution in [1.82, 2.24) is 24.3 Å². The molecular weight excluding hydrogens is 368 g/mol. The molecule has 0 amide bonds. The average Bonchev–Trinajstić information content (AvgIpc) is 3.03. The van der Waals surface area contributed by atoms with Crippen LogP contribution >= 0.6 is 0 Å². The minimum Gasteiger partial charge on any atom is -0.396 e. The van der Waals surface area contributed by atoms with Crippen LogP contribution < -0.4 is 10.5 Å². The van der Waals surface area contributed by atoms with Crippen LogP contribution in [0.25, 0.3) is 16.9 Å². The van der Waals surface area contributed by atoms with E-state index >= 15 is 0 Å². The van der Waals surface area contributed by atoms with Gasteiger partial charge >= 0.3 is 0 Å². The first kappa shape index (κ1) is 17.8. The number of nitrogens with two attached hydrogens (primary N) is 1. The lowest BCUT2D eigenvalue weighted by molar-refractivity contribution is 0.137. The number of rotatable bonds is 5. The zero-order valence-electron chi connectivity index (χ0n) is 14.7. The van der Waals surface area contributed by atoms with E-state index in [9.17, 15) is 8.42 Å². The molecule has 0 unspecified atom stereocenters. The van der Waals surface area contributed by atoms with Crippen molar-refractivity contribution in [3.8, 4) is 11.3 Å². The predicted molar refractivity (Wildman–Crippen MR) is 99.3 cm³/mol. The third kappa shape index (κ3) is 3.15. The second-order valence-corrected chi connectivity index (χ2v) is 8.55. The van der Waals surface area contributed by atoms with Gasteiger partial charge in [0.25, 0.3) is 0 Å². The van der Waals surface area contributed by atoms with Crippen LogP contribution in [0.5, 0.6) is 0 Å². The quantitative estimate of drug-likeness (QED) is 0.586. The molecule has 0 spiro atoms. The summed E-state index contributed by atoms with van der Waals surface area (Å²) in [7, 11) is -3.66. The molecule has 142 valence electrons. The molecule has 0 bridgehead atoms. The smallest absolute Gasteiger partial charge is 0.240 e. The SMILES string of the molecule is Cc1ccc(S(=O)(=O)N[C@H]2C[C@@H](CO)C2)cc1-c1cnc2c(N)ncnn12. The van der Waals surface area contributed by atoms with Crippen molar-refractivity contribution in [2.24, 2.45) is 5.92 Å². The fourth-order valence-electron chi connectivity index (χ4n) is 3.33. The van der Waals surface area contributed by atoms with Gasteiger partial charge in [-0.2, -0.15) is 5.10 Å². The Hall–Kier alpha value is -2.56. The molecule has 0 radical (unpaired) electrons. The van der Waals surface area contributed by atoms with Crippen LogP contribution in [0.3, 0.4) is 0 Å². The summed E-state index contributed by atoms with van der Waals surface area (Å²) in [6.45, 7) is 1.98. The number of aliphatic hydroxyl groups excluding tert-OH is 1. The van der Waals surface area contributed by atoms with Gasteiger partial charge in [0.05, 0.1) is 16.8 Å². The van der Waals surface area contributed by atoms with Crippen molar-refractivity contribution in [2.75, 3.05) is 12.3 Å². The second-order valence-electron chi connectivity index (χ2n) is 6.84. The summed E-state index contributed by atoms with van der Waals surface area (Å²) in [5, 5.41) is 13.3. The van der Waals surface area contributed by atoms with E-state index in [2.05, 4.69) is 19.8 Å². The van der Waals surface area contributed by atoms with Crippen molar-refractivity contribution in [1.29, 1.82) is 0 Å². The molecule has 0 saturated heterocycles. The Morgan fingerprint density at radius 2 is 2.11 bits per heavy atom. The molecule has 4 N–H and O–H groups in total. The summed E-state index contributed by atoms with van der Waals surface area (Å²) in [5.74, 6) is 0.428. The highest BCUT2D eigenvalue weighted by Crippen LogP contribution is 2.30. The first-order valence-corrected chi connectivity index (χ1v) is 10.1. The predicted octanol–water partition coefficient (Wildman–Crippen LogP) is 0.731. The topological polar surface area (TPSA) is 136 Å². The molecule has 2 aromatic heterocycles. The number of aryl methyl sites for hydroxylation is 1. The Bertz CT molecular complexity index is 1110.